The average Bonchev–Trinajstić information content (AvgIpc) is 1.58. The third-order valence-corrected chi connectivity index (χ3v) is 2.83. The van der Waals surface area contributed by atoms with Gasteiger partial charge in [0.1, 0.15) is 0 Å². The van der Waals surface area contributed by atoms with Gasteiger partial charge in [-0.2, -0.15) is 17.6 Å². The molecule has 0 aliphatic heterocycles. The zero-order valence-electron chi connectivity index (χ0n) is 5.74. The highest BCUT2D eigenvalue weighted by Gasteiger charge is 2.54. The van der Waals surface area contributed by atoms with Crippen LogP contribution in [0.25, 0.3) is 0 Å². The summed E-state index contributed by atoms with van der Waals surface area (Å²) >= 11 is 0. The first-order valence-corrected chi connectivity index (χ1v) is 3.98. The second kappa shape index (κ2) is 2.33. The minimum absolute atomic E-state index is 0.0836. The van der Waals surface area contributed by atoms with Crippen molar-refractivity contribution >= 4 is 9.84 Å². The van der Waals surface area contributed by atoms with E-state index in [-0.39, 0.29) is 13.8 Å². The van der Waals surface area contributed by atoms with Crippen LogP contribution in [-0.4, -0.2) is 18.9 Å². The smallest absolute Gasteiger partial charge is 0.216 e. The molecule has 68 valence electrons. The maximum atomic E-state index is 11.9. The molecule has 0 fully saturated rings. The molecule has 0 aromatic heterocycles. The summed E-state index contributed by atoms with van der Waals surface area (Å²) in [5.41, 5.74) is 0. The van der Waals surface area contributed by atoms with Crippen molar-refractivity contribution in [3.05, 3.63) is 0 Å². The number of alkyl halides is 4. The van der Waals surface area contributed by atoms with Gasteiger partial charge in [0.15, 0.2) is 0 Å². The van der Waals surface area contributed by atoms with Gasteiger partial charge in [-0.1, -0.05) is 0 Å². The van der Waals surface area contributed by atoms with E-state index in [1.165, 1.54) is 0 Å². The van der Waals surface area contributed by atoms with Crippen LogP contribution in [0, 0.1) is 0 Å². The number of hydrogen-bond donors (Lipinski definition) is 0. The molecule has 0 spiro atoms. The summed E-state index contributed by atoms with van der Waals surface area (Å²) in [6.07, 6.45) is 0. The lowest BCUT2D eigenvalue weighted by Crippen LogP contribution is -2.38. The van der Waals surface area contributed by atoms with E-state index in [2.05, 4.69) is 0 Å². The van der Waals surface area contributed by atoms with Crippen LogP contribution in [-0.2, 0) is 9.84 Å². The molecule has 0 aliphatic rings. The normalized spacial score (nSPS) is 15.1. The molecule has 2 nitrogen and oxygen atoms in total. The van der Waals surface area contributed by atoms with Crippen LogP contribution in [0.2, 0.25) is 0 Å². The topological polar surface area (TPSA) is 34.1 Å². The molecule has 0 aliphatic carbocycles. The van der Waals surface area contributed by atoms with Gasteiger partial charge in [0.05, 0.1) is 0 Å². The molecule has 0 N–H and O–H groups in total. The van der Waals surface area contributed by atoms with E-state index in [0.29, 0.717) is 0 Å². The Bertz CT molecular complexity index is 212. The summed E-state index contributed by atoms with van der Waals surface area (Å²) in [6, 6.07) is 0. The van der Waals surface area contributed by atoms with Crippen molar-refractivity contribution in [3.8, 4) is 0 Å². The zero-order chi connectivity index (χ0) is 9.50. The van der Waals surface area contributed by atoms with Gasteiger partial charge in [-0.25, -0.2) is 8.42 Å². The summed E-state index contributed by atoms with van der Waals surface area (Å²) < 4.78 is 68.1. The molecule has 11 heavy (non-hydrogen) atoms. The van der Waals surface area contributed by atoms with E-state index in [0.717, 1.165) is 0 Å². The van der Waals surface area contributed by atoms with Gasteiger partial charge in [-0.15, -0.1) is 0 Å². The van der Waals surface area contributed by atoms with Crippen LogP contribution in [0.15, 0.2) is 0 Å². The van der Waals surface area contributed by atoms with Crippen LogP contribution in [0.3, 0.4) is 0 Å². The molecular formula is C4H6F4O2S. The van der Waals surface area contributed by atoms with E-state index >= 15 is 0 Å². The molecular weight excluding hydrogens is 188 g/mol. The molecule has 0 heterocycles. The van der Waals surface area contributed by atoms with E-state index < -0.39 is 20.3 Å². The predicted molar refractivity (Wildman–Crippen MR) is 30.2 cm³/mol. The fraction of sp³-hybridized carbons (Fsp3) is 1.00. The molecule has 0 aromatic carbocycles. The van der Waals surface area contributed by atoms with Crippen LogP contribution in [0.1, 0.15) is 13.8 Å². The van der Waals surface area contributed by atoms with Crippen LogP contribution in [0.5, 0.6) is 0 Å². The van der Waals surface area contributed by atoms with Gasteiger partial charge >= 0.3 is 10.5 Å². The zero-order valence-corrected chi connectivity index (χ0v) is 6.55. The van der Waals surface area contributed by atoms with Crippen molar-refractivity contribution in [1.82, 2.24) is 0 Å². The summed E-state index contributed by atoms with van der Waals surface area (Å²) in [5.74, 6) is 0. The van der Waals surface area contributed by atoms with Crippen LogP contribution < -0.4 is 0 Å². The van der Waals surface area contributed by atoms with Gasteiger partial charge < -0.3 is 0 Å². The van der Waals surface area contributed by atoms with E-state index in [1.807, 2.05) is 0 Å². The molecule has 0 rings (SSSR count). The van der Waals surface area contributed by atoms with E-state index in [4.69, 9.17) is 0 Å². The van der Waals surface area contributed by atoms with Gasteiger partial charge in [-0.05, 0) is 0 Å². The second-order valence-corrected chi connectivity index (χ2v) is 4.56. The minimum atomic E-state index is -5.68. The number of rotatable bonds is 2. The Morgan fingerprint density at radius 3 is 1.09 bits per heavy atom. The Balaban J connectivity index is 5.11. The first-order chi connectivity index (χ1) is 4.50. The molecule has 0 bridgehead atoms. The Labute approximate surface area is 61.1 Å². The van der Waals surface area contributed by atoms with E-state index in [9.17, 15) is 26.0 Å². The van der Waals surface area contributed by atoms with Gasteiger partial charge in [0.25, 0.3) is 9.84 Å². The summed E-state index contributed by atoms with van der Waals surface area (Å²) in [6.45, 7) is -0.167. The minimum Gasteiger partial charge on any atom is -0.216 e. The predicted octanol–water partition coefficient (Wildman–Crippen LogP) is 1.63. The molecule has 0 radical (unpaired) electrons. The SMILES string of the molecule is CC(F)(F)S(=O)(=O)C(C)(F)F. The second-order valence-electron chi connectivity index (χ2n) is 2.12. The Hall–Kier alpha value is -0.330. The van der Waals surface area contributed by atoms with E-state index in [1.54, 1.807) is 0 Å². The Morgan fingerprint density at radius 1 is 0.909 bits per heavy atom. The lowest BCUT2D eigenvalue weighted by Gasteiger charge is -2.16. The quantitative estimate of drug-likeness (QED) is 0.626. The molecule has 0 amide bonds. The first kappa shape index (κ1) is 10.7. The molecule has 0 atom stereocenters. The third-order valence-electron chi connectivity index (χ3n) is 0.944. The average molecular weight is 194 g/mol. The number of hydrogen-bond acceptors (Lipinski definition) is 2. The summed E-state index contributed by atoms with van der Waals surface area (Å²) in [5, 5.41) is -8.80. The van der Waals surface area contributed by atoms with Crippen molar-refractivity contribution in [1.29, 1.82) is 0 Å². The molecule has 0 aromatic rings. The molecule has 0 saturated heterocycles. The fourth-order valence-electron chi connectivity index (χ4n) is 0.315. The van der Waals surface area contributed by atoms with Crippen molar-refractivity contribution in [3.63, 3.8) is 0 Å². The lowest BCUT2D eigenvalue weighted by atomic mass is 10.8. The summed E-state index contributed by atoms with van der Waals surface area (Å²) in [7, 11) is -5.68. The summed E-state index contributed by atoms with van der Waals surface area (Å²) in [4.78, 5) is 0. The highest BCUT2D eigenvalue weighted by molar-refractivity contribution is 7.93. The monoisotopic (exact) mass is 194 g/mol. The van der Waals surface area contributed by atoms with Crippen molar-refractivity contribution in [2.45, 2.75) is 24.4 Å². The fourth-order valence-corrected chi connectivity index (χ4v) is 0.944. The molecule has 0 unspecified atom stereocenters. The number of sulfone groups is 1. The standard InChI is InChI=1S/C4H6F4O2S/c1-3(5,6)11(9,10)4(2,7)8/h1-2H3. The Kier molecular flexibility index (Phi) is 2.26. The lowest BCUT2D eigenvalue weighted by molar-refractivity contribution is 0.0663. The van der Waals surface area contributed by atoms with Crippen LogP contribution >= 0.6 is 0 Å². The first-order valence-electron chi connectivity index (χ1n) is 2.50. The number of halogens is 4. The molecule has 7 heteroatoms. The Morgan fingerprint density at radius 2 is 1.09 bits per heavy atom. The highest BCUT2D eigenvalue weighted by Crippen LogP contribution is 2.33. The van der Waals surface area contributed by atoms with Gasteiger partial charge in [0, 0.05) is 13.8 Å². The van der Waals surface area contributed by atoms with Crippen LogP contribution in [0.4, 0.5) is 17.6 Å². The largest absolute Gasteiger partial charge is 0.349 e. The van der Waals surface area contributed by atoms with Crippen molar-refractivity contribution < 1.29 is 26.0 Å². The van der Waals surface area contributed by atoms with Crippen molar-refractivity contribution in [2.24, 2.45) is 0 Å². The highest BCUT2D eigenvalue weighted by atomic mass is 32.2. The van der Waals surface area contributed by atoms with Gasteiger partial charge in [0.2, 0.25) is 0 Å². The van der Waals surface area contributed by atoms with Crippen molar-refractivity contribution in [2.75, 3.05) is 0 Å². The molecule has 0 saturated carbocycles. The maximum absolute atomic E-state index is 11.9. The van der Waals surface area contributed by atoms with Gasteiger partial charge in [-0.3, -0.25) is 0 Å². The third kappa shape index (κ3) is 1.82. The maximum Gasteiger partial charge on any atom is 0.349 e.